The topological polar surface area (TPSA) is 63.8 Å². The molecule has 28 heavy (non-hydrogen) atoms. The molecule has 0 amide bonds. The van der Waals surface area contributed by atoms with Crippen LogP contribution in [0.3, 0.4) is 0 Å². The van der Waals surface area contributed by atoms with Gasteiger partial charge in [0.1, 0.15) is 12.4 Å². The van der Waals surface area contributed by atoms with Crippen LogP contribution in [0.5, 0.6) is 5.75 Å². The molecule has 1 N–H and O–H groups in total. The van der Waals surface area contributed by atoms with Crippen LogP contribution < -0.4 is 4.74 Å². The summed E-state index contributed by atoms with van der Waals surface area (Å²) in [7, 11) is 0. The van der Waals surface area contributed by atoms with Gasteiger partial charge in [0.15, 0.2) is 4.96 Å². The summed E-state index contributed by atoms with van der Waals surface area (Å²) in [6.07, 6.45) is 3.66. The lowest BCUT2D eigenvalue weighted by atomic mass is 10.1. The number of thiazole rings is 1. The minimum Gasteiger partial charge on any atom is -0.488 e. The first-order valence-electron chi connectivity index (χ1n) is 8.66. The van der Waals surface area contributed by atoms with Crippen molar-refractivity contribution in [2.45, 2.75) is 20.0 Å². The Hall–Kier alpha value is -2.83. The fraction of sp³-hybridized carbons (Fsp3) is 0.143. The van der Waals surface area contributed by atoms with Crippen molar-refractivity contribution in [2.24, 2.45) is 0 Å². The van der Waals surface area contributed by atoms with E-state index in [0.717, 1.165) is 38.0 Å². The molecule has 0 radical (unpaired) electrons. The van der Waals surface area contributed by atoms with Crippen molar-refractivity contribution >= 4 is 33.9 Å². The summed E-state index contributed by atoms with van der Waals surface area (Å²) >= 11 is 7.65. The van der Waals surface area contributed by atoms with Crippen LogP contribution in [0, 0.1) is 6.92 Å². The number of imidazole rings is 1. The van der Waals surface area contributed by atoms with Gasteiger partial charge in [-0.1, -0.05) is 41.9 Å². The number of carbonyl (C=O) groups is 1. The third-order valence-corrected chi connectivity index (χ3v) is 5.49. The summed E-state index contributed by atoms with van der Waals surface area (Å²) < 4.78 is 7.97. The number of hydrogen-bond acceptors (Lipinski definition) is 4. The molecule has 0 fully saturated rings. The lowest BCUT2D eigenvalue weighted by Gasteiger charge is -2.14. The zero-order valence-corrected chi connectivity index (χ0v) is 16.6. The SMILES string of the molecule is Cc1cc(Cl)cc(-c2cn3cc(CC(=O)O)sc3n2)c1OCc1ccccc1. The molecule has 0 atom stereocenters. The van der Waals surface area contributed by atoms with Gasteiger partial charge in [-0.3, -0.25) is 9.20 Å². The van der Waals surface area contributed by atoms with E-state index >= 15 is 0 Å². The molecule has 5 nitrogen and oxygen atoms in total. The smallest absolute Gasteiger partial charge is 0.308 e. The number of halogens is 1. The van der Waals surface area contributed by atoms with Gasteiger partial charge < -0.3 is 9.84 Å². The number of hydrogen-bond donors (Lipinski definition) is 1. The Labute approximate surface area is 170 Å². The van der Waals surface area contributed by atoms with Gasteiger partial charge in [0.25, 0.3) is 0 Å². The van der Waals surface area contributed by atoms with Crippen molar-refractivity contribution in [1.29, 1.82) is 0 Å². The minimum atomic E-state index is -0.855. The molecule has 2 heterocycles. The number of carboxylic acid groups (broad SMARTS) is 1. The van der Waals surface area contributed by atoms with Gasteiger partial charge in [-0.15, -0.1) is 11.3 Å². The third-order valence-electron chi connectivity index (χ3n) is 4.27. The fourth-order valence-electron chi connectivity index (χ4n) is 3.05. The zero-order chi connectivity index (χ0) is 19.7. The Morgan fingerprint density at radius 1 is 1.25 bits per heavy atom. The van der Waals surface area contributed by atoms with Crippen LogP contribution in [0.1, 0.15) is 16.0 Å². The van der Waals surface area contributed by atoms with E-state index in [0.29, 0.717) is 11.6 Å². The molecule has 0 aliphatic rings. The normalized spacial score (nSPS) is 11.1. The number of aliphatic carboxylic acids is 1. The molecule has 0 saturated carbocycles. The lowest BCUT2D eigenvalue weighted by Crippen LogP contribution is -1.99. The largest absolute Gasteiger partial charge is 0.488 e. The van der Waals surface area contributed by atoms with Crippen molar-refractivity contribution in [3.63, 3.8) is 0 Å². The summed E-state index contributed by atoms with van der Waals surface area (Å²) in [5.74, 6) is -0.114. The van der Waals surface area contributed by atoms with Crippen molar-refractivity contribution in [1.82, 2.24) is 9.38 Å². The number of nitrogens with zero attached hydrogens (tertiary/aromatic N) is 2. The van der Waals surface area contributed by atoms with Crippen molar-refractivity contribution < 1.29 is 14.6 Å². The molecule has 0 bridgehead atoms. The highest BCUT2D eigenvalue weighted by Gasteiger charge is 2.16. The molecule has 0 aliphatic carbocycles. The molecule has 2 aromatic carbocycles. The van der Waals surface area contributed by atoms with Crippen molar-refractivity contribution in [3.05, 3.63) is 75.9 Å². The molecule has 0 spiro atoms. The number of carboxylic acids is 1. The van der Waals surface area contributed by atoms with Crippen molar-refractivity contribution in [2.75, 3.05) is 0 Å². The standard InChI is InChI=1S/C21H17ClN2O3S/c1-13-7-15(22)8-17(20(13)27-12-14-5-3-2-4-6-14)18-11-24-10-16(9-19(25)26)28-21(24)23-18/h2-8,10-11H,9,12H2,1H3,(H,25,26). The van der Waals surface area contributed by atoms with Crippen molar-refractivity contribution in [3.8, 4) is 17.0 Å². The lowest BCUT2D eigenvalue weighted by molar-refractivity contribution is -0.136. The number of ether oxygens (including phenoxy) is 1. The van der Waals surface area contributed by atoms with Gasteiger partial charge in [0.2, 0.25) is 0 Å². The van der Waals surface area contributed by atoms with E-state index in [2.05, 4.69) is 4.98 Å². The van der Waals surface area contributed by atoms with E-state index in [9.17, 15) is 4.79 Å². The van der Waals surface area contributed by atoms with Crippen LogP contribution in [0.25, 0.3) is 16.2 Å². The molecule has 0 unspecified atom stereocenters. The quantitative estimate of drug-likeness (QED) is 0.471. The second-order valence-corrected chi connectivity index (χ2v) is 7.99. The molecule has 7 heteroatoms. The number of benzene rings is 2. The van der Waals surface area contributed by atoms with Crippen LogP contribution in [0.4, 0.5) is 0 Å². The van der Waals surface area contributed by atoms with Gasteiger partial charge in [0.05, 0.1) is 12.1 Å². The maximum atomic E-state index is 10.9. The van der Waals surface area contributed by atoms with E-state index in [-0.39, 0.29) is 6.42 Å². The Morgan fingerprint density at radius 3 is 2.75 bits per heavy atom. The van der Waals surface area contributed by atoms with Crippen LogP contribution in [0.15, 0.2) is 54.9 Å². The molecular formula is C21H17ClN2O3S. The Bertz CT molecular complexity index is 1120. The average Bonchev–Trinajstić information content (AvgIpc) is 3.19. The minimum absolute atomic E-state index is 0.00886. The highest BCUT2D eigenvalue weighted by atomic mass is 35.5. The molecular weight excluding hydrogens is 396 g/mol. The number of aryl methyl sites for hydroxylation is 1. The number of rotatable bonds is 6. The molecule has 0 aliphatic heterocycles. The molecule has 2 aromatic heterocycles. The number of aromatic nitrogens is 2. The van der Waals surface area contributed by atoms with Crippen LogP contribution in [-0.2, 0) is 17.8 Å². The third kappa shape index (κ3) is 3.88. The average molecular weight is 413 g/mol. The van der Waals surface area contributed by atoms with E-state index in [1.54, 1.807) is 6.20 Å². The maximum absolute atomic E-state index is 10.9. The number of fused-ring (bicyclic) bond motifs is 1. The summed E-state index contributed by atoms with van der Waals surface area (Å²) in [4.78, 5) is 17.1. The molecule has 4 aromatic rings. The second-order valence-electron chi connectivity index (χ2n) is 6.46. The highest BCUT2D eigenvalue weighted by molar-refractivity contribution is 7.17. The summed E-state index contributed by atoms with van der Waals surface area (Å²) in [6.45, 7) is 2.40. The second kappa shape index (κ2) is 7.66. The predicted molar refractivity (Wildman–Crippen MR) is 110 cm³/mol. The molecule has 4 rings (SSSR count). The Kier molecular flexibility index (Phi) is 5.07. The monoisotopic (exact) mass is 412 g/mol. The van der Waals surface area contributed by atoms with Gasteiger partial charge >= 0.3 is 5.97 Å². The first kappa shape index (κ1) is 18.5. The zero-order valence-electron chi connectivity index (χ0n) is 15.1. The fourth-order valence-corrected chi connectivity index (χ4v) is 4.27. The highest BCUT2D eigenvalue weighted by Crippen LogP contribution is 2.36. The maximum Gasteiger partial charge on any atom is 0.308 e. The van der Waals surface area contributed by atoms with Crippen LogP contribution in [0.2, 0.25) is 5.02 Å². The molecule has 142 valence electrons. The van der Waals surface area contributed by atoms with E-state index < -0.39 is 5.97 Å². The van der Waals surface area contributed by atoms with Crippen LogP contribution >= 0.6 is 22.9 Å². The summed E-state index contributed by atoms with van der Waals surface area (Å²) in [6, 6.07) is 13.7. The summed E-state index contributed by atoms with van der Waals surface area (Å²) in [5, 5.41) is 9.57. The van der Waals surface area contributed by atoms with Gasteiger partial charge in [0, 0.05) is 27.9 Å². The van der Waals surface area contributed by atoms with E-state index in [4.69, 9.17) is 21.4 Å². The van der Waals surface area contributed by atoms with Crippen LogP contribution in [-0.4, -0.2) is 20.5 Å². The Balaban J connectivity index is 1.69. The molecule has 0 saturated heterocycles. The summed E-state index contributed by atoms with van der Waals surface area (Å²) in [5.41, 5.74) is 3.56. The first-order valence-corrected chi connectivity index (χ1v) is 9.85. The van der Waals surface area contributed by atoms with Gasteiger partial charge in [-0.25, -0.2) is 4.98 Å². The predicted octanol–water partition coefficient (Wildman–Crippen LogP) is 5.23. The van der Waals surface area contributed by atoms with Gasteiger partial charge in [-0.2, -0.15) is 0 Å². The van der Waals surface area contributed by atoms with Gasteiger partial charge in [-0.05, 0) is 30.2 Å². The first-order chi connectivity index (χ1) is 13.5. The van der Waals surface area contributed by atoms with E-state index in [1.807, 2.05) is 60.0 Å². The Morgan fingerprint density at radius 2 is 2.04 bits per heavy atom. The van der Waals surface area contributed by atoms with E-state index in [1.165, 1.54) is 11.3 Å².